The van der Waals surface area contributed by atoms with E-state index in [0.29, 0.717) is 38.6 Å². The number of piperidine rings is 1. The first kappa shape index (κ1) is 19.4. The number of carbonyl (C=O) groups excluding carboxylic acids is 2. The molecular formula is C23H32N2O3. The highest BCUT2D eigenvalue weighted by Crippen LogP contribution is 2.33. The standard InChI is InChI=1S/C23H32N2O3/c26-21-17-23(28-16-15-25(21)18-19-7-3-1-4-8-19)11-13-24(14-12-23)22(27)20-9-5-2-6-10-20/h2,5-6,9-10,19H,1,3-4,7-8,11-18H2. The lowest BCUT2D eigenvalue weighted by Crippen LogP contribution is -2.49. The van der Waals surface area contributed by atoms with Gasteiger partial charge in [-0.3, -0.25) is 9.59 Å². The molecule has 28 heavy (non-hydrogen) atoms. The van der Waals surface area contributed by atoms with Gasteiger partial charge in [0.1, 0.15) is 0 Å². The second-order valence-corrected chi connectivity index (χ2v) is 8.71. The second kappa shape index (κ2) is 8.64. The Morgan fingerprint density at radius 2 is 1.75 bits per heavy atom. The van der Waals surface area contributed by atoms with E-state index in [1.165, 1.54) is 32.1 Å². The molecule has 0 N–H and O–H groups in total. The van der Waals surface area contributed by atoms with Gasteiger partial charge in [0.15, 0.2) is 0 Å². The molecule has 1 aliphatic carbocycles. The van der Waals surface area contributed by atoms with Crippen molar-refractivity contribution in [1.82, 2.24) is 9.80 Å². The zero-order valence-electron chi connectivity index (χ0n) is 16.8. The summed E-state index contributed by atoms with van der Waals surface area (Å²) < 4.78 is 6.25. The third-order valence-electron chi connectivity index (χ3n) is 6.78. The first-order valence-electron chi connectivity index (χ1n) is 10.9. The number of nitrogens with zero attached hydrogens (tertiary/aromatic N) is 2. The maximum Gasteiger partial charge on any atom is 0.253 e. The van der Waals surface area contributed by atoms with E-state index in [9.17, 15) is 9.59 Å². The largest absolute Gasteiger partial charge is 0.372 e. The molecule has 4 rings (SSSR count). The van der Waals surface area contributed by atoms with E-state index >= 15 is 0 Å². The molecule has 2 heterocycles. The summed E-state index contributed by atoms with van der Waals surface area (Å²) in [7, 11) is 0. The van der Waals surface area contributed by atoms with Crippen molar-refractivity contribution < 1.29 is 14.3 Å². The molecular weight excluding hydrogens is 352 g/mol. The molecule has 3 aliphatic rings. The van der Waals surface area contributed by atoms with Gasteiger partial charge in [0.2, 0.25) is 5.91 Å². The third kappa shape index (κ3) is 4.40. The quantitative estimate of drug-likeness (QED) is 0.802. The Labute approximate surface area is 168 Å². The summed E-state index contributed by atoms with van der Waals surface area (Å²) in [6.07, 6.45) is 8.42. The van der Waals surface area contributed by atoms with E-state index < -0.39 is 0 Å². The zero-order valence-corrected chi connectivity index (χ0v) is 16.8. The molecule has 0 bridgehead atoms. The van der Waals surface area contributed by atoms with Gasteiger partial charge < -0.3 is 14.5 Å². The fourth-order valence-electron chi connectivity index (χ4n) is 5.01. The van der Waals surface area contributed by atoms with Crippen LogP contribution >= 0.6 is 0 Å². The molecule has 5 nitrogen and oxygen atoms in total. The molecule has 0 radical (unpaired) electrons. The van der Waals surface area contributed by atoms with E-state index in [-0.39, 0.29) is 17.4 Å². The van der Waals surface area contributed by atoms with Crippen LogP contribution in [0.2, 0.25) is 0 Å². The first-order chi connectivity index (χ1) is 13.7. The van der Waals surface area contributed by atoms with E-state index in [0.717, 1.165) is 24.9 Å². The number of likely N-dealkylation sites (tertiary alicyclic amines) is 1. The van der Waals surface area contributed by atoms with Gasteiger partial charge in [0.05, 0.1) is 18.6 Å². The molecule has 152 valence electrons. The Balaban J connectivity index is 1.33. The average Bonchev–Trinajstić information content (AvgIpc) is 2.88. The molecule has 1 aromatic carbocycles. The highest BCUT2D eigenvalue weighted by molar-refractivity contribution is 5.94. The summed E-state index contributed by atoms with van der Waals surface area (Å²) in [5.74, 6) is 0.984. The van der Waals surface area contributed by atoms with Crippen LogP contribution in [0.3, 0.4) is 0 Å². The summed E-state index contributed by atoms with van der Waals surface area (Å²) in [6, 6.07) is 9.44. The Bertz CT molecular complexity index is 676. The molecule has 2 aliphatic heterocycles. The summed E-state index contributed by atoms with van der Waals surface area (Å²) >= 11 is 0. The summed E-state index contributed by atoms with van der Waals surface area (Å²) in [6.45, 7) is 3.54. The molecule has 2 saturated heterocycles. The highest BCUT2D eigenvalue weighted by Gasteiger charge is 2.41. The zero-order chi connectivity index (χ0) is 19.4. The Morgan fingerprint density at radius 1 is 1.04 bits per heavy atom. The normalized spacial score (nSPS) is 23.6. The molecule has 3 fully saturated rings. The molecule has 0 aromatic heterocycles. The van der Waals surface area contributed by atoms with Crippen LogP contribution in [0.5, 0.6) is 0 Å². The van der Waals surface area contributed by atoms with Gasteiger partial charge in [-0.25, -0.2) is 0 Å². The molecule has 1 spiro atoms. The van der Waals surface area contributed by atoms with Gasteiger partial charge in [0, 0.05) is 31.7 Å². The van der Waals surface area contributed by atoms with E-state index in [2.05, 4.69) is 0 Å². The van der Waals surface area contributed by atoms with Crippen LogP contribution in [-0.4, -0.2) is 60.0 Å². The smallest absolute Gasteiger partial charge is 0.253 e. The molecule has 2 amide bonds. The number of hydrogen-bond donors (Lipinski definition) is 0. The van der Waals surface area contributed by atoms with Crippen molar-refractivity contribution in [2.75, 3.05) is 32.8 Å². The van der Waals surface area contributed by atoms with Gasteiger partial charge in [-0.2, -0.15) is 0 Å². The van der Waals surface area contributed by atoms with Gasteiger partial charge in [-0.05, 0) is 43.7 Å². The average molecular weight is 385 g/mol. The van der Waals surface area contributed by atoms with Crippen molar-refractivity contribution in [1.29, 1.82) is 0 Å². The van der Waals surface area contributed by atoms with Crippen molar-refractivity contribution in [2.24, 2.45) is 5.92 Å². The molecule has 1 saturated carbocycles. The molecule has 0 atom stereocenters. The maximum atomic E-state index is 13.0. The van der Waals surface area contributed by atoms with Crippen molar-refractivity contribution in [3.8, 4) is 0 Å². The summed E-state index contributed by atoms with van der Waals surface area (Å²) in [5, 5.41) is 0. The summed E-state index contributed by atoms with van der Waals surface area (Å²) in [5.41, 5.74) is 0.348. The second-order valence-electron chi connectivity index (χ2n) is 8.71. The number of benzene rings is 1. The van der Waals surface area contributed by atoms with Gasteiger partial charge in [-0.15, -0.1) is 0 Å². The fraction of sp³-hybridized carbons (Fsp3) is 0.652. The number of rotatable bonds is 3. The predicted molar refractivity (Wildman–Crippen MR) is 108 cm³/mol. The summed E-state index contributed by atoms with van der Waals surface area (Å²) in [4.78, 5) is 29.6. The lowest BCUT2D eigenvalue weighted by atomic mass is 9.86. The van der Waals surface area contributed by atoms with Crippen molar-refractivity contribution >= 4 is 11.8 Å². The number of carbonyl (C=O) groups is 2. The van der Waals surface area contributed by atoms with Crippen LogP contribution in [0.15, 0.2) is 30.3 Å². The Hall–Kier alpha value is -1.88. The van der Waals surface area contributed by atoms with Gasteiger partial charge in [0.25, 0.3) is 5.91 Å². The minimum absolute atomic E-state index is 0.0781. The Morgan fingerprint density at radius 3 is 2.46 bits per heavy atom. The van der Waals surface area contributed by atoms with Crippen LogP contribution in [0.25, 0.3) is 0 Å². The van der Waals surface area contributed by atoms with Crippen molar-refractivity contribution in [2.45, 2.75) is 57.0 Å². The highest BCUT2D eigenvalue weighted by atomic mass is 16.5. The number of hydrogen-bond acceptors (Lipinski definition) is 3. The topological polar surface area (TPSA) is 49.9 Å². The van der Waals surface area contributed by atoms with E-state index in [4.69, 9.17) is 4.74 Å². The lowest BCUT2D eigenvalue weighted by molar-refractivity contribution is -0.135. The third-order valence-corrected chi connectivity index (χ3v) is 6.78. The minimum Gasteiger partial charge on any atom is -0.372 e. The van der Waals surface area contributed by atoms with Gasteiger partial charge >= 0.3 is 0 Å². The van der Waals surface area contributed by atoms with Crippen LogP contribution in [0.4, 0.5) is 0 Å². The molecule has 1 aromatic rings. The Kier molecular flexibility index (Phi) is 6.00. The first-order valence-corrected chi connectivity index (χ1v) is 10.9. The SMILES string of the molecule is O=C1CC2(CCN(C(=O)c3ccccc3)CC2)OCCN1CC1CCCCC1. The van der Waals surface area contributed by atoms with E-state index in [1.807, 2.05) is 40.1 Å². The maximum absolute atomic E-state index is 13.0. The number of ether oxygens (including phenoxy) is 1. The van der Waals surface area contributed by atoms with Crippen LogP contribution in [0.1, 0.15) is 61.7 Å². The number of amides is 2. The molecule has 5 heteroatoms. The van der Waals surface area contributed by atoms with Crippen molar-refractivity contribution in [3.63, 3.8) is 0 Å². The minimum atomic E-state index is -0.383. The van der Waals surface area contributed by atoms with E-state index in [1.54, 1.807) is 0 Å². The fourth-order valence-corrected chi connectivity index (χ4v) is 5.01. The monoisotopic (exact) mass is 384 g/mol. The van der Waals surface area contributed by atoms with Crippen LogP contribution < -0.4 is 0 Å². The van der Waals surface area contributed by atoms with Crippen LogP contribution in [0, 0.1) is 5.92 Å². The van der Waals surface area contributed by atoms with Crippen molar-refractivity contribution in [3.05, 3.63) is 35.9 Å². The lowest BCUT2D eigenvalue weighted by Gasteiger charge is -2.40. The van der Waals surface area contributed by atoms with Gasteiger partial charge in [-0.1, -0.05) is 37.5 Å². The molecule has 0 unspecified atom stereocenters. The predicted octanol–water partition coefficient (Wildman–Crippen LogP) is 3.49. The van der Waals surface area contributed by atoms with Crippen LogP contribution in [-0.2, 0) is 9.53 Å².